The zero-order valence-electron chi connectivity index (χ0n) is 15.1. The number of nitrogens with one attached hydrogen (secondary N) is 1. The topological polar surface area (TPSA) is 87.5 Å². The number of hydrogen-bond donors (Lipinski definition) is 2. The van der Waals surface area contributed by atoms with Crippen molar-refractivity contribution >= 4 is 45.2 Å². The van der Waals surface area contributed by atoms with Crippen LogP contribution in [0.2, 0.25) is 5.02 Å². The lowest BCUT2D eigenvalue weighted by Gasteiger charge is -2.28. The number of fused-ring (bicyclic) bond motifs is 1. The summed E-state index contributed by atoms with van der Waals surface area (Å²) in [6, 6.07) is 14.0. The summed E-state index contributed by atoms with van der Waals surface area (Å²) in [7, 11) is 0. The minimum atomic E-state index is -1.11. The van der Waals surface area contributed by atoms with Crippen molar-refractivity contribution in [1.29, 1.82) is 0 Å². The number of benzene rings is 2. The molecule has 1 aliphatic rings. The number of hydrogen-bond acceptors (Lipinski definition) is 3. The van der Waals surface area contributed by atoms with Crippen LogP contribution in [0, 0.1) is 0 Å². The second-order valence-electron chi connectivity index (χ2n) is 6.58. The fraction of sp³-hybridized carbons (Fsp3) is 0.150. The number of carboxylic acids is 1. The van der Waals surface area contributed by atoms with Gasteiger partial charge >= 0.3 is 12.0 Å². The minimum Gasteiger partial charge on any atom is -0.476 e. The Morgan fingerprint density at radius 1 is 1.10 bits per heavy atom. The van der Waals surface area contributed by atoms with Gasteiger partial charge in [0.1, 0.15) is 0 Å². The van der Waals surface area contributed by atoms with E-state index < -0.39 is 5.97 Å². The first-order valence-electron chi connectivity index (χ1n) is 8.84. The van der Waals surface area contributed by atoms with Gasteiger partial charge in [-0.15, -0.1) is 0 Å². The first-order chi connectivity index (χ1) is 13.9. The number of carboxylic acid groups (broad SMARTS) is 1. The largest absolute Gasteiger partial charge is 0.476 e. The Morgan fingerprint density at radius 3 is 2.45 bits per heavy atom. The molecule has 7 nitrogen and oxygen atoms in total. The predicted octanol–water partition coefficient (Wildman–Crippen LogP) is 4.58. The van der Waals surface area contributed by atoms with Crippen LogP contribution < -0.4 is 5.32 Å². The van der Waals surface area contributed by atoms with Crippen LogP contribution in [0.3, 0.4) is 0 Å². The van der Waals surface area contributed by atoms with Crippen LogP contribution in [0.25, 0.3) is 5.69 Å². The molecule has 0 unspecified atom stereocenters. The fourth-order valence-electron chi connectivity index (χ4n) is 3.30. The molecule has 4 rings (SSSR count). The monoisotopic (exact) mass is 474 g/mol. The highest BCUT2D eigenvalue weighted by atomic mass is 79.9. The van der Waals surface area contributed by atoms with Crippen molar-refractivity contribution in [3.8, 4) is 5.69 Å². The smallest absolute Gasteiger partial charge is 0.356 e. The number of halogens is 2. The summed E-state index contributed by atoms with van der Waals surface area (Å²) < 4.78 is 2.57. The van der Waals surface area contributed by atoms with E-state index in [0.717, 1.165) is 15.9 Å². The Morgan fingerprint density at radius 2 is 1.79 bits per heavy atom. The third kappa shape index (κ3) is 3.99. The molecule has 0 spiro atoms. The SMILES string of the molecule is O=C(O)c1nn(-c2ccc(Br)cc2)c2c1CN(C(=O)Nc1ccc(Cl)cc1)CC2. The molecule has 2 amide bonds. The first-order valence-corrected chi connectivity index (χ1v) is 10.0. The van der Waals surface area contributed by atoms with Crippen LogP contribution in [0.4, 0.5) is 10.5 Å². The molecule has 0 aliphatic carbocycles. The molecule has 0 radical (unpaired) electrons. The standard InChI is InChI=1S/C20H16BrClN4O3/c21-12-1-7-15(8-2-12)26-17-9-10-25(11-16(17)18(24-26)19(27)28)20(29)23-14-5-3-13(22)4-6-14/h1-8H,9-11H2,(H,23,29)(H,27,28). The maximum Gasteiger partial charge on any atom is 0.356 e. The van der Waals surface area contributed by atoms with E-state index in [-0.39, 0.29) is 18.3 Å². The van der Waals surface area contributed by atoms with Crippen LogP contribution in [0.15, 0.2) is 53.0 Å². The van der Waals surface area contributed by atoms with E-state index in [2.05, 4.69) is 26.3 Å². The van der Waals surface area contributed by atoms with E-state index in [1.54, 1.807) is 33.8 Å². The highest BCUT2D eigenvalue weighted by Gasteiger charge is 2.30. The second-order valence-corrected chi connectivity index (χ2v) is 7.93. The van der Waals surface area contributed by atoms with Gasteiger partial charge in [-0.1, -0.05) is 27.5 Å². The third-order valence-corrected chi connectivity index (χ3v) is 5.49. The van der Waals surface area contributed by atoms with Gasteiger partial charge in [-0.2, -0.15) is 5.10 Å². The average molecular weight is 476 g/mol. The molecule has 3 aromatic rings. The van der Waals surface area contributed by atoms with E-state index in [9.17, 15) is 14.7 Å². The molecular formula is C20H16BrClN4O3. The van der Waals surface area contributed by atoms with E-state index in [4.69, 9.17) is 11.6 Å². The molecule has 9 heteroatoms. The summed E-state index contributed by atoms with van der Waals surface area (Å²) in [5, 5.41) is 17.3. The Hall–Kier alpha value is -2.84. The first kappa shape index (κ1) is 19.5. The number of aromatic carboxylic acids is 1. The quantitative estimate of drug-likeness (QED) is 0.581. The lowest BCUT2D eigenvalue weighted by Crippen LogP contribution is -2.39. The van der Waals surface area contributed by atoms with Crippen molar-refractivity contribution in [3.05, 3.63) is 75.0 Å². The molecule has 1 aromatic heterocycles. The highest BCUT2D eigenvalue weighted by molar-refractivity contribution is 9.10. The van der Waals surface area contributed by atoms with Crippen molar-refractivity contribution < 1.29 is 14.7 Å². The molecule has 0 saturated heterocycles. The highest BCUT2D eigenvalue weighted by Crippen LogP contribution is 2.27. The molecule has 1 aliphatic heterocycles. The Balaban J connectivity index is 1.61. The number of amides is 2. The summed E-state index contributed by atoms with van der Waals surface area (Å²) in [6.07, 6.45) is 0.500. The summed E-state index contributed by atoms with van der Waals surface area (Å²) in [6.45, 7) is 0.626. The molecule has 0 fully saturated rings. The van der Waals surface area contributed by atoms with E-state index in [1.807, 2.05) is 24.3 Å². The fourth-order valence-corrected chi connectivity index (χ4v) is 3.69. The normalized spacial score (nSPS) is 13.1. The van der Waals surface area contributed by atoms with Crippen LogP contribution in [-0.4, -0.2) is 38.3 Å². The van der Waals surface area contributed by atoms with Crippen molar-refractivity contribution in [2.75, 3.05) is 11.9 Å². The molecule has 2 heterocycles. The number of nitrogens with zero attached hydrogens (tertiary/aromatic N) is 3. The number of carbonyl (C=O) groups is 2. The predicted molar refractivity (Wildman–Crippen MR) is 113 cm³/mol. The molecule has 148 valence electrons. The Labute approximate surface area is 180 Å². The van der Waals surface area contributed by atoms with Crippen molar-refractivity contribution in [1.82, 2.24) is 14.7 Å². The van der Waals surface area contributed by atoms with Crippen molar-refractivity contribution in [2.24, 2.45) is 0 Å². The van der Waals surface area contributed by atoms with Gasteiger partial charge in [0.05, 0.1) is 17.9 Å². The molecule has 29 heavy (non-hydrogen) atoms. The van der Waals surface area contributed by atoms with Crippen LogP contribution >= 0.6 is 27.5 Å². The van der Waals surface area contributed by atoms with Crippen molar-refractivity contribution in [2.45, 2.75) is 13.0 Å². The number of anilines is 1. The Kier molecular flexibility index (Phi) is 5.29. The van der Waals surface area contributed by atoms with E-state index in [0.29, 0.717) is 29.2 Å². The molecule has 0 atom stereocenters. The molecule has 0 bridgehead atoms. The summed E-state index contributed by atoms with van der Waals surface area (Å²) in [5.41, 5.74) is 2.72. The molecule has 2 N–H and O–H groups in total. The van der Waals surface area contributed by atoms with Crippen LogP contribution in [0.5, 0.6) is 0 Å². The van der Waals surface area contributed by atoms with Gasteiger partial charge in [-0.3, -0.25) is 0 Å². The molecule has 0 saturated carbocycles. The van der Waals surface area contributed by atoms with Crippen LogP contribution in [-0.2, 0) is 13.0 Å². The molecule has 2 aromatic carbocycles. The lowest BCUT2D eigenvalue weighted by molar-refractivity contribution is 0.0687. The summed E-state index contributed by atoms with van der Waals surface area (Å²) in [4.78, 5) is 26.0. The average Bonchev–Trinajstić information content (AvgIpc) is 3.09. The number of carbonyl (C=O) groups excluding carboxylic acids is 1. The number of aromatic nitrogens is 2. The van der Waals surface area contributed by atoms with Gasteiger partial charge in [0.2, 0.25) is 0 Å². The van der Waals surface area contributed by atoms with Gasteiger partial charge < -0.3 is 15.3 Å². The Bertz CT molecular complexity index is 1080. The van der Waals surface area contributed by atoms with Gasteiger partial charge in [-0.05, 0) is 48.5 Å². The lowest BCUT2D eigenvalue weighted by atomic mass is 10.1. The number of urea groups is 1. The van der Waals surface area contributed by atoms with Gasteiger partial charge in [0, 0.05) is 33.7 Å². The van der Waals surface area contributed by atoms with Crippen molar-refractivity contribution in [3.63, 3.8) is 0 Å². The zero-order chi connectivity index (χ0) is 20.5. The van der Waals surface area contributed by atoms with Crippen LogP contribution in [0.1, 0.15) is 21.7 Å². The van der Waals surface area contributed by atoms with E-state index >= 15 is 0 Å². The zero-order valence-corrected chi connectivity index (χ0v) is 17.4. The maximum atomic E-state index is 12.7. The summed E-state index contributed by atoms with van der Waals surface area (Å²) in [5.74, 6) is -1.11. The summed E-state index contributed by atoms with van der Waals surface area (Å²) >= 11 is 9.27. The van der Waals surface area contributed by atoms with E-state index in [1.165, 1.54) is 0 Å². The molecular weight excluding hydrogens is 460 g/mol. The van der Waals surface area contributed by atoms with Gasteiger partial charge in [0.25, 0.3) is 0 Å². The maximum absolute atomic E-state index is 12.7. The second kappa shape index (κ2) is 7.88. The third-order valence-electron chi connectivity index (χ3n) is 4.71. The van der Waals surface area contributed by atoms with Gasteiger partial charge in [-0.25, -0.2) is 14.3 Å². The van der Waals surface area contributed by atoms with Gasteiger partial charge in [0.15, 0.2) is 5.69 Å². The number of rotatable bonds is 3. The minimum absolute atomic E-state index is 0.0353.